The van der Waals surface area contributed by atoms with Gasteiger partial charge in [-0.05, 0) is 61.4 Å². The van der Waals surface area contributed by atoms with E-state index >= 15 is 4.79 Å². The van der Waals surface area contributed by atoms with Gasteiger partial charge in [-0.1, -0.05) is 69.7 Å². The zero-order valence-corrected chi connectivity index (χ0v) is 36.2. The third kappa shape index (κ3) is 6.22. The van der Waals surface area contributed by atoms with Gasteiger partial charge in [0, 0.05) is 90.9 Å². The first-order chi connectivity index (χ1) is 28.5. The maximum atomic E-state index is 15.1. The van der Waals surface area contributed by atoms with Gasteiger partial charge in [0.2, 0.25) is 0 Å². The van der Waals surface area contributed by atoms with Gasteiger partial charge in [-0.15, -0.1) is 0 Å². The lowest BCUT2D eigenvalue weighted by atomic mass is 9.51. The van der Waals surface area contributed by atoms with Gasteiger partial charge < -0.3 is 33.9 Å². The topological polar surface area (TPSA) is 134 Å². The Kier molecular flexibility index (Phi) is 11.8. The largest absolute Gasteiger partial charge is 0.496 e. The van der Waals surface area contributed by atoms with E-state index in [1.165, 1.54) is 26.7 Å². The summed E-state index contributed by atoms with van der Waals surface area (Å²) >= 11 is 0. The number of carbonyl (C=O) groups excluding carboxylic acids is 3. The molecule has 1 aliphatic carbocycles. The molecular weight excluding hydrogens is 749 g/mol. The fraction of sp³-hybridized carbons (Fsp3) is 0.553. The van der Waals surface area contributed by atoms with E-state index in [1.54, 1.807) is 7.11 Å². The Hall–Kier alpha value is -4.65. The highest BCUT2D eigenvalue weighted by atomic mass is 16.6. The Bertz CT molecular complexity index is 2150. The van der Waals surface area contributed by atoms with Gasteiger partial charge in [-0.3, -0.25) is 24.2 Å². The summed E-state index contributed by atoms with van der Waals surface area (Å²) in [7, 11) is 6.54. The third-order valence-electron chi connectivity index (χ3n) is 14.3. The number of fused-ring (bicyclic) bond motifs is 6. The lowest BCUT2D eigenvalue weighted by molar-refractivity contribution is -0.184. The molecule has 318 valence electrons. The monoisotopic (exact) mass is 810 g/mol. The lowest BCUT2D eigenvalue weighted by Gasteiger charge is -2.60. The summed E-state index contributed by atoms with van der Waals surface area (Å²) in [5, 5.41) is 13.6. The number of aliphatic hydroxyl groups is 1. The minimum atomic E-state index is -1.22. The average Bonchev–Trinajstić information content (AvgIpc) is 3.90. The molecule has 5 aliphatic heterocycles. The van der Waals surface area contributed by atoms with Crippen molar-refractivity contribution in [2.24, 2.45) is 11.3 Å². The molecule has 2 fully saturated rings. The van der Waals surface area contributed by atoms with Gasteiger partial charge in [-0.2, -0.15) is 0 Å². The van der Waals surface area contributed by atoms with Crippen LogP contribution in [0.15, 0.2) is 60.2 Å². The number of H-pyrrole nitrogens is 1. The summed E-state index contributed by atoms with van der Waals surface area (Å²) in [4.78, 5) is 47.7. The van der Waals surface area contributed by atoms with Crippen LogP contribution < -0.4 is 9.64 Å². The van der Waals surface area contributed by atoms with Gasteiger partial charge in [-0.25, -0.2) is 0 Å². The second-order valence-corrected chi connectivity index (χ2v) is 16.8. The number of benzene rings is 2. The minimum absolute atomic E-state index is 0.0373. The van der Waals surface area contributed by atoms with Crippen molar-refractivity contribution in [3.8, 4) is 5.75 Å². The van der Waals surface area contributed by atoms with Crippen molar-refractivity contribution >= 4 is 35.0 Å². The molecule has 0 radical (unpaired) electrons. The molecule has 12 heteroatoms. The SMILES string of the molecule is CC.CCC1=CC2CN(C1)Cc1c([nH]c3ccccc13)[C@@](C(=O)OC)(c1cc3c(cc1OC)N(C)C1C(O)C(OC(C)=O)[C@]4(CC)C=CCN5CCC31C54)C2.COC=O. The van der Waals surface area contributed by atoms with Crippen LogP contribution in [0.5, 0.6) is 5.75 Å². The smallest absolute Gasteiger partial charge is 0.322 e. The van der Waals surface area contributed by atoms with Crippen LogP contribution in [0.4, 0.5) is 5.69 Å². The van der Waals surface area contributed by atoms with E-state index in [9.17, 15) is 9.90 Å². The summed E-state index contributed by atoms with van der Waals surface area (Å²) in [6, 6.07) is 12.3. The number of methoxy groups -OCH3 is 3. The molecule has 6 aliphatic rings. The molecule has 7 unspecified atom stereocenters. The highest BCUT2D eigenvalue weighted by Crippen LogP contribution is 2.66. The van der Waals surface area contributed by atoms with Crippen LogP contribution in [0, 0.1) is 11.3 Å². The molecule has 1 spiro atoms. The van der Waals surface area contributed by atoms with E-state index < -0.39 is 28.5 Å². The highest BCUT2D eigenvalue weighted by molar-refractivity contribution is 5.94. The number of anilines is 1. The Morgan fingerprint density at radius 1 is 1.07 bits per heavy atom. The molecule has 9 atom stereocenters. The normalized spacial score (nSPS) is 32.2. The quantitative estimate of drug-likeness (QED) is 0.126. The van der Waals surface area contributed by atoms with E-state index in [-0.39, 0.29) is 29.9 Å². The van der Waals surface area contributed by atoms with Crippen molar-refractivity contribution in [3.05, 3.63) is 82.6 Å². The van der Waals surface area contributed by atoms with Gasteiger partial charge in [0.25, 0.3) is 6.47 Å². The highest BCUT2D eigenvalue weighted by Gasteiger charge is 2.73. The Morgan fingerprint density at radius 2 is 1.81 bits per heavy atom. The van der Waals surface area contributed by atoms with E-state index in [1.807, 2.05) is 27.0 Å². The Balaban J connectivity index is 0.000000832. The number of nitrogens with one attached hydrogen (secondary N) is 1. The molecule has 1 saturated carbocycles. The summed E-state index contributed by atoms with van der Waals surface area (Å²) in [6.45, 7) is 14.3. The van der Waals surface area contributed by atoms with Crippen LogP contribution in [-0.2, 0) is 46.0 Å². The van der Waals surface area contributed by atoms with Gasteiger partial charge in [0.05, 0.1) is 27.4 Å². The molecule has 1 saturated heterocycles. The number of para-hydroxylation sites is 1. The van der Waals surface area contributed by atoms with Crippen LogP contribution in [0.3, 0.4) is 0 Å². The number of hydrogen-bond acceptors (Lipinski definition) is 11. The second kappa shape index (κ2) is 16.4. The number of rotatable bonds is 7. The molecule has 2 aromatic carbocycles. The van der Waals surface area contributed by atoms with Crippen LogP contribution in [-0.4, -0.2) is 117 Å². The van der Waals surface area contributed by atoms with Crippen molar-refractivity contribution in [2.45, 2.75) is 102 Å². The van der Waals surface area contributed by atoms with Crippen molar-refractivity contribution in [1.82, 2.24) is 14.8 Å². The maximum Gasteiger partial charge on any atom is 0.322 e. The third-order valence-corrected chi connectivity index (χ3v) is 14.3. The first-order valence-corrected chi connectivity index (χ1v) is 21.3. The molecular formula is C47H62N4O8. The summed E-state index contributed by atoms with van der Waals surface area (Å²) < 4.78 is 22.3. The van der Waals surface area contributed by atoms with Gasteiger partial charge >= 0.3 is 11.9 Å². The second-order valence-electron chi connectivity index (χ2n) is 16.8. The number of aliphatic hydroxyl groups excluding tert-OH is 1. The van der Waals surface area contributed by atoms with Gasteiger partial charge in [0.15, 0.2) is 0 Å². The van der Waals surface area contributed by atoms with E-state index in [0.29, 0.717) is 31.6 Å². The van der Waals surface area contributed by atoms with Crippen molar-refractivity contribution < 1.29 is 38.4 Å². The number of likely N-dealkylation sites (N-methyl/N-ethyl adjacent to an activating group) is 1. The number of nitrogens with zero attached hydrogens (tertiary/aromatic N) is 3. The first-order valence-electron chi connectivity index (χ1n) is 21.3. The Labute approximate surface area is 348 Å². The van der Waals surface area contributed by atoms with Crippen molar-refractivity contribution in [1.29, 1.82) is 0 Å². The van der Waals surface area contributed by atoms with Crippen molar-refractivity contribution in [2.75, 3.05) is 59.5 Å². The first kappa shape index (κ1) is 42.5. The standard InChI is InChI=1S/C43H52N4O6.C2H4O2.C2H6/c1-7-26-18-27-21-43(40(50)52-6,36-29(24-46(22-26)23-27)28-12-9-10-13-32(28)44-36)31-19-30-33(20-34(31)51-5)45(4)37-35(49)38(53-25(3)48)41(8-2)14-11-16-47-17-15-42(30,37)39(41)47;1-4-2-3;1-2/h9-14,18-20,27,35,37-39,44,49H,7-8,15-17,21-24H2,1-6H3;2H,1H3;1-2H3/t27?,35?,37?,38?,39?,41-,42?,43-;;/m0../s1. The number of ether oxygens (including phenoxy) is 4. The summed E-state index contributed by atoms with van der Waals surface area (Å²) in [5.74, 6) is 0.00690. The van der Waals surface area contributed by atoms with Gasteiger partial charge in [0.1, 0.15) is 23.4 Å². The van der Waals surface area contributed by atoms with Crippen LogP contribution >= 0.6 is 0 Å². The summed E-state index contributed by atoms with van der Waals surface area (Å²) in [5.41, 5.74) is 4.89. The molecule has 2 N–H and O–H groups in total. The molecule has 9 rings (SSSR count). The molecule has 0 amide bonds. The Morgan fingerprint density at radius 3 is 2.47 bits per heavy atom. The summed E-state index contributed by atoms with van der Waals surface area (Å²) in [6.07, 6.45) is 8.14. The molecule has 2 bridgehead atoms. The number of carbonyl (C=O) groups is 3. The van der Waals surface area contributed by atoms with E-state index in [2.05, 4.69) is 86.8 Å². The lowest BCUT2D eigenvalue weighted by Crippen LogP contribution is -2.74. The number of aromatic nitrogens is 1. The van der Waals surface area contributed by atoms with Crippen LogP contribution in [0.2, 0.25) is 0 Å². The zero-order chi connectivity index (χ0) is 42.4. The molecule has 59 heavy (non-hydrogen) atoms. The number of aromatic amines is 1. The fourth-order valence-electron chi connectivity index (χ4n) is 12.3. The fourth-order valence-corrected chi connectivity index (χ4v) is 12.3. The molecule has 3 aromatic rings. The zero-order valence-electron chi connectivity index (χ0n) is 36.2. The van der Waals surface area contributed by atoms with Crippen LogP contribution in [0.25, 0.3) is 10.9 Å². The predicted molar refractivity (Wildman–Crippen MR) is 228 cm³/mol. The number of esters is 2. The van der Waals surface area contributed by atoms with Crippen molar-refractivity contribution in [3.63, 3.8) is 0 Å². The maximum absolute atomic E-state index is 15.1. The van der Waals surface area contributed by atoms with E-state index in [4.69, 9.17) is 19.0 Å². The predicted octanol–water partition coefficient (Wildman–Crippen LogP) is 6.03. The average molecular weight is 811 g/mol. The molecule has 1 aromatic heterocycles. The number of hydrogen-bond donors (Lipinski definition) is 2. The van der Waals surface area contributed by atoms with Crippen LogP contribution in [0.1, 0.15) is 82.7 Å². The molecule has 6 heterocycles. The minimum Gasteiger partial charge on any atom is -0.496 e. The molecule has 12 nitrogen and oxygen atoms in total. The van der Waals surface area contributed by atoms with E-state index in [0.717, 1.165) is 78.0 Å².